The predicted molar refractivity (Wildman–Crippen MR) is 70.7 cm³/mol. The number of aliphatic carboxylic acids is 1. The van der Waals surface area contributed by atoms with Crippen molar-refractivity contribution in [2.24, 2.45) is 0 Å². The van der Waals surface area contributed by atoms with Crippen molar-refractivity contribution in [1.29, 1.82) is 0 Å². The van der Waals surface area contributed by atoms with Gasteiger partial charge in [-0.25, -0.2) is 4.79 Å². The summed E-state index contributed by atoms with van der Waals surface area (Å²) >= 11 is 0. The monoisotopic (exact) mass is 231 g/mol. The van der Waals surface area contributed by atoms with Gasteiger partial charge in [-0.1, -0.05) is 36.4 Å². The lowest BCUT2D eigenvalue weighted by molar-refractivity contribution is -0.131. The molecule has 1 N–H and O–H groups in total. The van der Waals surface area contributed by atoms with Gasteiger partial charge in [-0.15, -0.1) is 0 Å². The van der Waals surface area contributed by atoms with Crippen molar-refractivity contribution in [3.63, 3.8) is 0 Å². The van der Waals surface area contributed by atoms with Gasteiger partial charge in [0.25, 0.3) is 0 Å². The van der Waals surface area contributed by atoms with E-state index >= 15 is 0 Å². The number of carboxylic acids is 1. The highest BCUT2D eigenvalue weighted by atomic mass is 16.4. The molecule has 1 aromatic carbocycles. The lowest BCUT2D eigenvalue weighted by Gasteiger charge is -2.03. The molecule has 1 aromatic rings. The van der Waals surface area contributed by atoms with E-state index in [0.29, 0.717) is 0 Å². The predicted octanol–water partition coefficient (Wildman–Crippen LogP) is 2.36. The fourth-order valence-electron chi connectivity index (χ4n) is 1.29. The molecule has 0 saturated carbocycles. The summed E-state index contributed by atoms with van der Waals surface area (Å²) in [4.78, 5) is 12.4. The summed E-state index contributed by atoms with van der Waals surface area (Å²) in [5.41, 5.74) is 2.00. The molecule has 0 saturated heterocycles. The lowest BCUT2D eigenvalue weighted by Crippen LogP contribution is -2.10. The summed E-state index contributed by atoms with van der Waals surface area (Å²) in [5.74, 6) is -0.931. The molecule has 3 nitrogen and oxygen atoms in total. The first kappa shape index (κ1) is 13.2. The van der Waals surface area contributed by atoms with Gasteiger partial charge in [-0.3, -0.25) is 0 Å². The van der Waals surface area contributed by atoms with E-state index in [9.17, 15) is 4.79 Å². The van der Waals surface area contributed by atoms with E-state index in [1.165, 1.54) is 0 Å². The van der Waals surface area contributed by atoms with Crippen LogP contribution in [0.3, 0.4) is 0 Å². The van der Waals surface area contributed by atoms with Gasteiger partial charge in [0.15, 0.2) is 0 Å². The highest BCUT2D eigenvalue weighted by Gasteiger charge is 1.90. The summed E-state index contributed by atoms with van der Waals surface area (Å²) in [6.45, 7) is 0.903. The van der Waals surface area contributed by atoms with E-state index < -0.39 is 5.97 Å². The Morgan fingerprint density at radius 1 is 1.18 bits per heavy atom. The maximum atomic E-state index is 10.3. The fourth-order valence-corrected chi connectivity index (χ4v) is 1.29. The maximum absolute atomic E-state index is 10.3. The van der Waals surface area contributed by atoms with Crippen molar-refractivity contribution in [1.82, 2.24) is 4.90 Å². The second-order valence-electron chi connectivity index (χ2n) is 4.00. The first-order valence-electron chi connectivity index (χ1n) is 5.40. The van der Waals surface area contributed by atoms with Crippen LogP contribution in [0, 0.1) is 0 Å². The van der Waals surface area contributed by atoms with Crippen molar-refractivity contribution in [3.8, 4) is 0 Å². The third kappa shape index (κ3) is 5.68. The molecule has 0 unspecified atom stereocenters. The standard InChI is InChI=1S/C14H17NO2/c1-15(2)11-3-4-12-5-7-13(8-6-12)9-10-14(16)17/h3-10H,11H2,1-2H3,(H,16,17). The summed E-state index contributed by atoms with van der Waals surface area (Å²) in [7, 11) is 4.04. The zero-order valence-electron chi connectivity index (χ0n) is 10.1. The molecule has 0 heterocycles. The number of rotatable bonds is 5. The Labute approximate surface area is 102 Å². The highest BCUT2D eigenvalue weighted by Crippen LogP contribution is 2.07. The molecule has 0 aromatic heterocycles. The third-order valence-electron chi connectivity index (χ3n) is 2.14. The molecule has 0 aliphatic rings. The number of carboxylic acid groups (broad SMARTS) is 1. The molecule has 0 aliphatic carbocycles. The number of hydrogen-bond donors (Lipinski definition) is 1. The molecule has 90 valence electrons. The Hall–Kier alpha value is -1.87. The Balaban J connectivity index is 2.62. The molecule has 0 amide bonds. The van der Waals surface area contributed by atoms with Crippen LogP contribution in [0.2, 0.25) is 0 Å². The van der Waals surface area contributed by atoms with E-state index in [1.807, 2.05) is 44.4 Å². The van der Waals surface area contributed by atoms with Crippen LogP contribution in [0.4, 0.5) is 0 Å². The van der Waals surface area contributed by atoms with Gasteiger partial charge in [-0.05, 0) is 31.3 Å². The normalized spacial score (nSPS) is 11.7. The minimum atomic E-state index is -0.931. The average molecular weight is 231 g/mol. The molecular formula is C14H17NO2. The maximum Gasteiger partial charge on any atom is 0.328 e. The Kier molecular flexibility index (Phi) is 5.17. The molecule has 3 heteroatoms. The lowest BCUT2D eigenvalue weighted by atomic mass is 10.1. The summed E-state index contributed by atoms with van der Waals surface area (Å²) < 4.78 is 0. The number of carbonyl (C=O) groups is 1. The van der Waals surface area contributed by atoms with Crippen LogP contribution in [0.25, 0.3) is 12.2 Å². The summed E-state index contributed by atoms with van der Waals surface area (Å²) in [6, 6.07) is 7.73. The highest BCUT2D eigenvalue weighted by molar-refractivity contribution is 5.85. The number of benzene rings is 1. The van der Waals surface area contributed by atoms with E-state index in [0.717, 1.165) is 23.7 Å². The molecule has 0 spiro atoms. The Morgan fingerprint density at radius 2 is 1.71 bits per heavy atom. The van der Waals surface area contributed by atoms with Crippen LogP contribution in [0.1, 0.15) is 11.1 Å². The van der Waals surface area contributed by atoms with E-state index in [2.05, 4.69) is 11.0 Å². The minimum absolute atomic E-state index is 0.886. The average Bonchev–Trinajstić information content (AvgIpc) is 2.27. The molecule has 17 heavy (non-hydrogen) atoms. The summed E-state index contributed by atoms with van der Waals surface area (Å²) in [5, 5.41) is 8.49. The summed E-state index contributed by atoms with van der Waals surface area (Å²) in [6.07, 6.45) is 6.85. The van der Waals surface area contributed by atoms with Crippen molar-refractivity contribution in [3.05, 3.63) is 47.5 Å². The first-order valence-corrected chi connectivity index (χ1v) is 5.40. The largest absolute Gasteiger partial charge is 0.478 e. The van der Waals surface area contributed by atoms with Crippen LogP contribution in [-0.2, 0) is 4.79 Å². The molecule has 1 rings (SSSR count). The van der Waals surface area contributed by atoms with Crippen LogP contribution in [0.5, 0.6) is 0 Å². The van der Waals surface area contributed by atoms with Gasteiger partial charge in [0.2, 0.25) is 0 Å². The fraction of sp³-hybridized carbons (Fsp3) is 0.214. The van der Waals surface area contributed by atoms with Crippen molar-refractivity contribution >= 4 is 18.1 Å². The molecule has 0 aliphatic heterocycles. The molecule has 0 atom stereocenters. The molecular weight excluding hydrogens is 214 g/mol. The van der Waals surface area contributed by atoms with Gasteiger partial charge in [0.1, 0.15) is 0 Å². The van der Waals surface area contributed by atoms with Crippen LogP contribution < -0.4 is 0 Å². The van der Waals surface area contributed by atoms with Crippen molar-refractivity contribution in [2.75, 3.05) is 20.6 Å². The third-order valence-corrected chi connectivity index (χ3v) is 2.14. The Morgan fingerprint density at radius 3 is 2.18 bits per heavy atom. The number of nitrogens with zero attached hydrogens (tertiary/aromatic N) is 1. The quantitative estimate of drug-likeness (QED) is 0.791. The van der Waals surface area contributed by atoms with E-state index in [-0.39, 0.29) is 0 Å². The molecule has 0 radical (unpaired) electrons. The van der Waals surface area contributed by atoms with Crippen LogP contribution >= 0.6 is 0 Å². The van der Waals surface area contributed by atoms with Gasteiger partial charge in [0.05, 0.1) is 0 Å². The van der Waals surface area contributed by atoms with Crippen molar-refractivity contribution < 1.29 is 9.90 Å². The van der Waals surface area contributed by atoms with Crippen LogP contribution in [-0.4, -0.2) is 36.6 Å². The molecule has 0 bridgehead atoms. The zero-order valence-corrected chi connectivity index (χ0v) is 10.1. The number of hydrogen-bond acceptors (Lipinski definition) is 2. The Bertz CT molecular complexity index is 416. The number of likely N-dealkylation sites (N-methyl/N-ethyl adjacent to an activating group) is 1. The van der Waals surface area contributed by atoms with E-state index in [4.69, 9.17) is 5.11 Å². The molecule has 0 fully saturated rings. The topological polar surface area (TPSA) is 40.5 Å². The van der Waals surface area contributed by atoms with Gasteiger partial charge >= 0.3 is 5.97 Å². The second kappa shape index (κ2) is 6.66. The SMILES string of the molecule is CN(C)CC=Cc1ccc(C=CC(=O)O)cc1. The zero-order chi connectivity index (χ0) is 12.7. The van der Waals surface area contributed by atoms with Gasteiger partial charge in [0, 0.05) is 12.6 Å². The van der Waals surface area contributed by atoms with Gasteiger partial charge < -0.3 is 10.0 Å². The first-order chi connectivity index (χ1) is 8.08. The van der Waals surface area contributed by atoms with Crippen LogP contribution in [0.15, 0.2) is 36.4 Å². The van der Waals surface area contributed by atoms with Crippen molar-refractivity contribution in [2.45, 2.75) is 0 Å². The van der Waals surface area contributed by atoms with E-state index in [1.54, 1.807) is 6.08 Å². The second-order valence-corrected chi connectivity index (χ2v) is 4.00. The van der Waals surface area contributed by atoms with Gasteiger partial charge in [-0.2, -0.15) is 0 Å². The minimum Gasteiger partial charge on any atom is -0.478 e. The smallest absolute Gasteiger partial charge is 0.328 e.